The zero-order valence-electron chi connectivity index (χ0n) is 9.61. The topological polar surface area (TPSA) is 54.4 Å². The van der Waals surface area contributed by atoms with E-state index in [0.717, 1.165) is 22.8 Å². The Labute approximate surface area is 108 Å². The van der Waals surface area contributed by atoms with E-state index in [1.54, 1.807) is 6.07 Å². The van der Waals surface area contributed by atoms with Gasteiger partial charge >= 0.3 is 5.97 Å². The Kier molecular flexibility index (Phi) is 4.63. The molecule has 0 aliphatic carbocycles. The molecule has 1 aromatic carbocycles. The zero-order chi connectivity index (χ0) is 13.0. The summed E-state index contributed by atoms with van der Waals surface area (Å²) in [5, 5.41) is 8.52. The maximum absolute atomic E-state index is 11.3. The Morgan fingerprint density at radius 2 is 2.06 bits per heavy atom. The lowest BCUT2D eigenvalue weighted by Gasteiger charge is -2.10. The Balaban J connectivity index is 3.01. The molecule has 0 saturated carbocycles. The van der Waals surface area contributed by atoms with Gasteiger partial charge in [0.2, 0.25) is 0 Å². The number of carbonyl (C=O) groups excluding carboxylic acids is 1. The van der Waals surface area contributed by atoms with Gasteiger partial charge in [-0.05, 0) is 36.6 Å². The summed E-state index contributed by atoms with van der Waals surface area (Å²) in [5.41, 5.74) is 2.66. The summed E-state index contributed by atoms with van der Waals surface area (Å²) in [6.07, 6.45) is 2.61. The number of carbonyl (C=O) groups is 2. The van der Waals surface area contributed by atoms with Crippen LogP contribution in [0.15, 0.2) is 24.3 Å². The summed E-state index contributed by atoms with van der Waals surface area (Å²) in [6, 6.07) is 5.47. The van der Waals surface area contributed by atoms with Crippen molar-refractivity contribution in [1.82, 2.24) is 0 Å². The molecule has 1 N–H and O–H groups in total. The first-order chi connectivity index (χ1) is 7.91. The number of hydrogen-bond donors (Lipinski definition) is 1. The third-order valence-electron chi connectivity index (χ3n) is 2.34. The Morgan fingerprint density at radius 1 is 1.41 bits per heavy atom. The molecule has 1 atom stereocenters. The van der Waals surface area contributed by atoms with Crippen molar-refractivity contribution in [1.29, 1.82) is 0 Å². The molecule has 90 valence electrons. The van der Waals surface area contributed by atoms with E-state index in [-0.39, 0.29) is 10.6 Å². The number of aryl methyl sites for hydroxylation is 1. The molecule has 0 bridgehead atoms. The van der Waals surface area contributed by atoms with E-state index in [9.17, 15) is 9.59 Å². The number of halogens is 1. The lowest BCUT2D eigenvalue weighted by molar-refractivity contribution is -0.131. The second-order valence-electron chi connectivity index (χ2n) is 3.76. The zero-order valence-corrected chi connectivity index (χ0v) is 11.2. The summed E-state index contributed by atoms with van der Waals surface area (Å²) in [7, 11) is 0. The molecule has 0 aliphatic heterocycles. The fourth-order valence-corrected chi connectivity index (χ4v) is 1.99. The largest absolute Gasteiger partial charge is 0.478 e. The summed E-state index contributed by atoms with van der Waals surface area (Å²) >= 11 is 3.33. The van der Waals surface area contributed by atoms with E-state index in [0.29, 0.717) is 0 Å². The van der Waals surface area contributed by atoms with Gasteiger partial charge in [0.15, 0.2) is 0 Å². The first kappa shape index (κ1) is 13.6. The monoisotopic (exact) mass is 296 g/mol. The molecular weight excluding hydrogens is 284 g/mol. The maximum Gasteiger partial charge on any atom is 0.328 e. The predicted molar refractivity (Wildman–Crippen MR) is 70.2 cm³/mol. The highest BCUT2D eigenvalue weighted by atomic mass is 79.9. The van der Waals surface area contributed by atoms with Gasteiger partial charge in [0.25, 0.3) is 0 Å². The van der Waals surface area contributed by atoms with Crippen LogP contribution in [0.3, 0.4) is 0 Å². The van der Waals surface area contributed by atoms with Crippen molar-refractivity contribution in [2.75, 3.05) is 0 Å². The number of Topliss-reactive ketones (excluding diaryl/α,β-unsaturated/α-hetero) is 1. The summed E-state index contributed by atoms with van der Waals surface area (Å²) in [6.45, 7) is 3.42. The number of rotatable bonds is 4. The van der Waals surface area contributed by atoms with Crippen LogP contribution in [0, 0.1) is 6.92 Å². The number of benzene rings is 1. The molecule has 0 radical (unpaired) electrons. The fourth-order valence-electron chi connectivity index (χ4n) is 1.47. The number of alkyl halides is 1. The van der Waals surface area contributed by atoms with Crippen LogP contribution in [0.1, 0.15) is 28.4 Å². The molecule has 1 rings (SSSR count). The molecule has 1 unspecified atom stereocenters. The van der Waals surface area contributed by atoms with Crippen molar-refractivity contribution < 1.29 is 14.7 Å². The highest BCUT2D eigenvalue weighted by molar-refractivity contribution is 9.09. The SMILES string of the molecule is CC(=O)C(Br)c1ccc(/C=C/C(=O)O)cc1C. The van der Waals surface area contributed by atoms with Crippen LogP contribution in [0.25, 0.3) is 6.08 Å². The molecule has 17 heavy (non-hydrogen) atoms. The summed E-state index contributed by atoms with van der Waals surface area (Å²) < 4.78 is 0. The van der Waals surface area contributed by atoms with Crippen LogP contribution < -0.4 is 0 Å². The predicted octanol–water partition coefficient (Wildman–Crippen LogP) is 3.12. The van der Waals surface area contributed by atoms with Crippen LogP contribution in [0.2, 0.25) is 0 Å². The van der Waals surface area contributed by atoms with Crippen molar-refractivity contribution >= 4 is 33.8 Å². The van der Waals surface area contributed by atoms with E-state index >= 15 is 0 Å². The maximum atomic E-state index is 11.3. The van der Waals surface area contributed by atoms with Gasteiger partial charge in [0.05, 0.1) is 4.83 Å². The van der Waals surface area contributed by atoms with Crippen LogP contribution >= 0.6 is 15.9 Å². The van der Waals surface area contributed by atoms with E-state index < -0.39 is 5.97 Å². The molecule has 1 aromatic rings. The van der Waals surface area contributed by atoms with Crippen molar-refractivity contribution in [2.24, 2.45) is 0 Å². The van der Waals surface area contributed by atoms with E-state index in [2.05, 4.69) is 15.9 Å². The lowest BCUT2D eigenvalue weighted by Crippen LogP contribution is -2.03. The first-order valence-corrected chi connectivity index (χ1v) is 5.99. The average Bonchev–Trinajstić information content (AvgIpc) is 2.25. The van der Waals surface area contributed by atoms with Crippen molar-refractivity contribution in [3.63, 3.8) is 0 Å². The van der Waals surface area contributed by atoms with Gasteiger partial charge in [-0.25, -0.2) is 4.79 Å². The highest BCUT2D eigenvalue weighted by Crippen LogP contribution is 2.27. The average molecular weight is 297 g/mol. The third kappa shape index (κ3) is 3.82. The molecule has 0 aliphatic rings. The van der Waals surface area contributed by atoms with E-state index in [4.69, 9.17) is 5.11 Å². The second-order valence-corrected chi connectivity index (χ2v) is 4.68. The van der Waals surface area contributed by atoms with Gasteiger partial charge in [-0.1, -0.05) is 34.1 Å². The minimum atomic E-state index is -0.978. The fraction of sp³-hybridized carbons (Fsp3) is 0.231. The molecule has 0 saturated heterocycles. The molecule has 4 heteroatoms. The number of ketones is 1. The molecule has 3 nitrogen and oxygen atoms in total. The van der Waals surface area contributed by atoms with Crippen molar-refractivity contribution in [3.8, 4) is 0 Å². The van der Waals surface area contributed by atoms with Gasteiger partial charge in [0, 0.05) is 6.08 Å². The molecule has 0 amide bonds. The molecule has 0 aromatic heterocycles. The van der Waals surface area contributed by atoms with Crippen LogP contribution in [0.5, 0.6) is 0 Å². The van der Waals surface area contributed by atoms with E-state index in [1.807, 2.05) is 19.1 Å². The van der Waals surface area contributed by atoms with Crippen LogP contribution in [-0.4, -0.2) is 16.9 Å². The second kappa shape index (κ2) is 5.77. The number of carboxylic acids is 1. The summed E-state index contributed by atoms with van der Waals surface area (Å²) in [4.78, 5) is 21.3. The minimum Gasteiger partial charge on any atom is -0.478 e. The first-order valence-electron chi connectivity index (χ1n) is 5.08. The normalized spacial score (nSPS) is 12.6. The van der Waals surface area contributed by atoms with Gasteiger partial charge in [-0.3, -0.25) is 4.79 Å². The molecule has 0 fully saturated rings. The minimum absolute atomic E-state index is 0.0435. The van der Waals surface area contributed by atoms with Gasteiger partial charge in [-0.2, -0.15) is 0 Å². The van der Waals surface area contributed by atoms with Gasteiger partial charge in [0.1, 0.15) is 5.78 Å². The third-order valence-corrected chi connectivity index (χ3v) is 3.48. The smallest absolute Gasteiger partial charge is 0.328 e. The lowest BCUT2D eigenvalue weighted by atomic mass is 10.0. The Hall–Kier alpha value is -1.42. The van der Waals surface area contributed by atoms with Gasteiger partial charge < -0.3 is 5.11 Å². The summed E-state index contributed by atoms with van der Waals surface area (Å²) in [5.74, 6) is -0.934. The van der Waals surface area contributed by atoms with Crippen LogP contribution in [0.4, 0.5) is 0 Å². The van der Waals surface area contributed by atoms with E-state index in [1.165, 1.54) is 13.0 Å². The van der Waals surface area contributed by atoms with Crippen molar-refractivity contribution in [2.45, 2.75) is 18.7 Å². The number of carboxylic acid groups (broad SMARTS) is 1. The van der Waals surface area contributed by atoms with Crippen LogP contribution in [-0.2, 0) is 9.59 Å². The molecular formula is C13H13BrO3. The van der Waals surface area contributed by atoms with Gasteiger partial charge in [-0.15, -0.1) is 0 Å². The number of aliphatic carboxylic acids is 1. The Bertz CT molecular complexity index is 478. The quantitative estimate of drug-likeness (QED) is 0.686. The Morgan fingerprint density at radius 3 is 2.53 bits per heavy atom. The highest BCUT2D eigenvalue weighted by Gasteiger charge is 2.14. The van der Waals surface area contributed by atoms with Crippen molar-refractivity contribution in [3.05, 3.63) is 41.0 Å². The molecule has 0 spiro atoms. The standard InChI is InChI=1S/C13H13BrO3/c1-8-7-10(4-6-12(16)17)3-5-11(8)13(14)9(2)15/h3-7,13H,1-2H3,(H,16,17)/b6-4+. The number of hydrogen-bond acceptors (Lipinski definition) is 2. The molecule has 0 heterocycles.